The molecule has 0 bridgehead atoms. The van der Waals surface area contributed by atoms with Crippen LogP contribution in [0.1, 0.15) is 5.69 Å². The van der Waals surface area contributed by atoms with Crippen molar-refractivity contribution in [3.8, 4) is 0 Å². The molecule has 7 nitrogen and oxygen atoms in total. The predicted molar refractivity (Wildman–Crippen MR) is 121 cm³/mol. The normalized spacial score (nSPS) is 14.6. The molecule has 0 spiro atoms. The number of aryl methyl sites for hydroxylation is 1. The van der Waals surface area contributed by atoms with E-state index in [1.54, 1.807) is 6.07 Å². The van der Waals surface area contributed by atoms with Crippen LogP contribution in [0.5, 0.6) is 0 Å². The van der Waals surface area contributed by atoms with E-state index in [1.807, 2.05) is 43.3 Å². The van der Waals surface area contributed by atoms with Crippen LogP contribution in [-0.2, 0) is 6.54 Å². The van der Waals surface area contributed by atoms with Gasteiger partial charge in [0.15, 0.2) is 5.82 Å². The minimum absolute atomic E-state index is 0.345. The molecule has 32 heavy (non-hydrogen) atoms. The van der Waals surface area contributed by atoms with E-state index in [0.717, 1.165) is 59.0 Å². The molecular weight excluding hydrogens is 414 g/mol. The molecule has 0 radical (unpaired) electrons. The molecule has 0 unspecified atom stereocenters. The fourth-order valence-corrected chi connectivity index (χ4v) is 4.18. The lowest BCUT2D eigenvalue weighted by Gasteiger charge is -2.37. The van der Waals surface area contributed by atoms with Gasteiger partial charge in [-0.15, -0.1) is 0 Å². The Morgan fingerprint density at radius 3 is 2.34 bits per heavy atom. The summed E-state index contributed by atoms with van der Waals surface area (Å²) in [7, 11) is 0. The number of piperazine rings is 1. The van der Waals surface area contributed by atoms with Crippen molar-refractivity contribution in [3.05, 3.63) is 64.8 Å². The van der Waals surface area contributed by atoms with Crippen LogP contribution in [0.4, 0.5) is 20.3 Å². The Labute approximate surface area is 183 Å². The van der Waals surface area contributed by atoms with Gasteiger partial charge in [0.1, 0.15) is 0 Å². The summed E-state index contributed by atoms with van der Waals surface area (Å²) in [6.07, 6.45) is -1.40. The van der Waals surface area contributed by atoms with E-state index in [4.69, 9.17) is 9.97 Å². The van der Waals surface area contributed by atoms with Crippen molar-refractivity contribution in [1.29, 1.82) is 0 Å². The number of fused-ring (bicyclic) bond motifs is 2. The van der Waals surface area contributed by atoms with Crippen LogP contribution in [0.2, 0.25) is 0 Å². The number of alkyl halides is 2. The number of halogens is 2. The largest absolute Gasteiger partial charge is 0.368 e. The number of rotatable bonds is 4. The summed E-state index contributed by atoms with van der Waals surface area (Å²) in [5.41, 5.74) is 3.70. The minimum Gasteiger partial charge on any atom is -0.368 e. The fraction of sp³-hybridized carbons (Fsp3) is 0.304. The highest BCUT2D eigenvalue weighted by atomic mass is 19.3. The van der Waals surface area contributed by atoms with Crippen molar-refractivity contribution < 1.29 is 8.78 Å². The zero-order valence-electron chi connectivity index (χ0n) is 17.6. The maximum absolute atomic E-state index is 12.7. The molecule has 9 heteroatoms. The van der Waals surface area contributed by atoms with Gasteiger partial charge in [0.25, 0.3) is 12.0 Å². The zero-order valence-corrected chi connectivity index (χ0v) is 17.6. The van der Waals surface area contributed by atoms with Gasteiger partial charge in [0.2, 0.25) is 0 Å². The van der Waals surface area contributed by atoms with E-state index in [2.05, 4.69) is 14.8 Å². The molecule has 1 aliphatic heterocycles. The average molecular weight is 436 g/mol. The Morgan fingerprint density at radius 1 is 0.938 bits per heavy atom. The van der Waals surface area contributed by atoms with Gasteiger partial charge < -0.3 is 9.80 Å². The standard InChI is InChI=1S/C23H22F2N6O/c1-15-22(28-19-5-3-2-4-18(19)27-15)30-10-8-29(9-11-30)16-6-7-17-20(12-16)26-14-31(23(17)32)13-21(24)25/h2-7,12,14,21H,8-11,13H2,1H3. The maximum Gasteiger partial charge on any atom is 0.261 e. The molecule has 4 aromatic rings. The fourth-order valence-electron chi connectivity index (χ4n) is 4.18. The van der Waals surface area contributed by atoms with E-state index < -0.39 is 18.5 Å². The van der Waals surface area contributed by atoms with Gasteiger partial charge in [-0.2, -0.15) is 0 Å². The molecule has 5 rings (SSSR count). The third-order valence-corrected chi connectivity index (χ3v) is 5.81. The van der Waals surface area contributed by atoms with Gasteiger partial charge in [-0.25, -0.2) is 23.7 Å². The highest BCUT2D eigenvalue weighted by Gasteiger charge is 2.21. The maximum atomic E-state index is 12.7. The number of nitrogens with zero attached hydrogens (tertiary/aromatic N) is 6. The van der Waals surface area contributed by atoms with Gasteiger partial charge in [-0.3, -0.25) is 9.36 Å². The predicted octanol–water partition coefficient (Wildman–Crippen LogP) is 3.24. The number of anilines is 2. The van der Waals surface area contributed by atoms with Gasteiger partial charge in [-0.1, -0.05) is 12.1 Å². The molecule has 0 amide bonds. The highest BCUT2D eigenvalue weighted by Crippen LogP contribution is 2.24. The molecule has 2 aromatic carbocycles. The van der Waals surface area contributed by atoms with E-state index in [1.165, 1.54) is 6.33 Å². The van der Waals surface area contributed by atoms with Crippen LogP contribution < -0.4 is 15.4 Å². The first-order chi connectivity index (χ1) is 15.5. The van der Waals surface area contributed by atoms with E-state index in [-0.39, 0.29) is 0 Å². The third-order valence-electron chi connectivity index (χ3n) is 5.81. The molecule has 0 N–H and O–H groups in total. The lowest BCUT2D eigenvalue weighted by Crippen LogP contribution is -2.47. The van der Waals surface area contributed by atoms with Crippen molar-refractivity contribution in [2.45, 2.75) is 19.9 Å². The molecular formula is C23H22F2N6O. The average Bonchev–Trinajstić information content (AvgIpc) is 2.80. The van der Waals surface area contributed by atoms with Crippen molar-refractivity contribution in [3.63, 3.8) is 0 Å². The third kappa shape index (κ3) is 3.74. The van der Waals surface area contributed by atoms with Crippen molar-refractivity contribution in [2.75, 3.05) is 36.0 Å². The highest BCUT2D eigenvalue weighted by molar-refractivity contribution is 5.81. The first kappa shape index (κ1) is 20.3. The Bertz CT molecular complexity index is 1350. The molecule has 164 valence electrons. The number of para-hydroxylation sites is 2. The van der Waals surface area contributed by atoms with Gasteiger partial charge in [0, 0.05) is 31.9 Å². The first-order valence-electron chi connectivity index (χ1n) is 10.5. The van der Waals surface area contributed by atoms with E-state index >= 15 is 0 Å². The Kier molecular flexibility index (Phi) is 5.16. The second-order valence-corrected chi connectivity index (χ2v) is 7.89. The Balaban J connectivity index is 1.35. The molecule has 3 heterocycles. The van der Waals surface area contributed by atoms with E-state index in [0.29, 0.717) is 10.9 Å². The van der Waals surface area contributed by atoms with Gasteiger partial charge in [-0.05, 0) is 37.3 Å². The summed E-state index contributed by atoms with van der Waals surface area (Å²) in [4.78, 5) is 30.6. The number of hydrogen-bond acceptors (Lipinski definition) is 6. The molecule has 2 aromatic heterocycles. The number of hydrogen-bond donors (Lipinski definition) is 0. The summed E-state index contributed by atoms with van der Waals surface area (Å²) in [6, 6.07) is 13.2. The second kappa shape index (κ2) is 8.14. The van der Waals surface area contributed by atoms with Crippen LogP contribution in [0.3, 0.4) is 0 Å². The van der Waals surface area contributed by atoms with Crippen molar-refractivity contribution >= 4 is 33.4 Å². The van der Waals surface area contributed by atoms with Crippen LogP contribution in [0, 0.1) is 6.92 Å². The number of benzene rings is 2. The second-order valence-electron chi connectivity index (χ2n) is 7.89. The van der Waals surface area contributed by atoms with Gasteiger partial charge >= 0.3 is 0 Å². The molecule has 0 saturated carbocycles. The zero-order chi connectivity index (χ0) is 22.2. The Hall–Kier alpha value is -3.62. The summed E-state index contributed by atoms with van der Waals surface area (Å²) in [5.74, 6) is 0.906. The molecule has 1 saturated heterocycles. The summed E-state index contributed by atoms with van der Waals surface area (Å²) >= 11 is 0. The summed E-state index contributed by atoms with van der Waals surface area (Å²) in [5, 5.41) is 0.345. The Morgan fingerprint density at radius 2 is 1.62 bits per heavy atom. The molecule has 1 aliphatic rings. The first-order valence-corrected chi connectivity index (χ1v) is 10.5. The van der Waals surface area contributed by atoms with E-state index in [9.17, 15) is 13.6 Å². The number of aromatic nitrogens is 4. The van der Waals surface area contributed by atoms with Crippen molar-refractivity contribution in [2.24, 2.45) is 0 Å². The molecule has 0 aliphatic carbocycles. The SMILES string of the molecule is Cc1nc2ccccc2nc1N1CCN(c2ccc3c(=O)n(CC(F)F)cnc3c2)CC1. The smallest absolute Gasteiger partial charge is 0.261 e. The van der Waals surface area contributed by atoms with Crippen LogP contribution in [-0.4, -0.2) is 52.1 Å². The van der Waals surface area contributed by atoms with Gasteiger partial charge in [0.05, 0.1) is 40.5 Å². The minimum atomic E-state index is -2.60. The molecule has 0 atom stereocenters. The molecule has 1 fully saturated rings. The van der Waals surface area contributed by atoms with Crippen molar-refractivity contribution in [1.82, 2.24) is 19.5 Å². The monoisotopic (exact) mass is 436 g/mol. The summed E-state index contributed by atoms with van der Waals surface area (Å²) < 4.78 is 26.3. The quantitative estimate of drug-likeness (QED) is 0.489. The van der Waals surface area contributed by atoms with Crippen LogP contribution in [0.15, 0.2) is 53.6 Å². The summed E-state index contributed by atoms with van der Waals surface area (Å²) in [6.45, 7) is 4.47. The van der Waals surface area contributed by atoms with Crippen LogP contribution >= 0.6 is 0 Å². The topological polar surface area (TPSA) is 67.2 Å². The van der Waals surface area contributed by atoms with Crippen LogP contribution in [0.25, 0.3) is 21.9 Å². The lowest BCUT2D eigenvalue weighted by atomic mass is 10.2. The lowest BCUT2D eigenvalue weighted by molar-refractivity contribution is 0.125.